The van der Waals surface area contributed by atoms with E-state index in [0.717, 1.165) is 10.4 Å². The summed E-state index contributed by atoms with van der Waals surface area (Å²) in [5, 5.41) is 8.90. The van der Waals surface area contributed by atoms with Gasteiger partial charge in [0.1, 0.15) is 4.90 Å². The largest absolute Gasteiger partial charge is 0.478 e. The van der Waals surface area contributed by atoms with Crippen molar-refractivity contribution in [2.24, 2.45) is 5.73 Å². The number of carbonyl (C=O) groups is 1. The van der Waals surface area contributed by atoms with E-state index in [1.54, 1.807) is 0 Å². The van der Waals surface area contributed by atoms with Gasteiger partial charge in [0.25, 0.3) is 0 Å². The third-order valence-corrected chi connectivity index (χ3v) is 7.91. The Labute approximate surface area is 145 Å². The molecule has 0 bridgehead atoms. The summed E-state index contributed by atoms with van der Waals surface area (Å²) >= 11 is 5.94. The van der Waals surface area contributed by atoms with E-state index in [-0.39, 0.29) is 46.5 Å². The lowest BCUT2D eigenvalue weighted by molar-refractivity contribution is 0.0696. The highest BCUT2D eigenvalue weighted by Gasteiger charge is 2.39. The molecule has 0 aliphatic carbocycles. The number of carboxylic acid groups (broad SMARTS) is 1. The molecule has 0 spiro atoms. The number of hydrogen-bond donors (Lipinski definition) is 2. The third-order valence-electron chi connectivity index (χ3n) is 3.73. The average molecular weight is 397 g/mol. The maximum atomic E-state index is 12.9. The van der Waals surface area contributed by atoms with E-state index >= 15 is 0 Å². The molecule has 1 atom stereocenters. The lowest BCUT2D eigenvalue weighted by atomic mass is 10.2. The summed E-state index contributed by atoms with van der Waals surface area (Å²) in [7, 11) is -7.50. The number of hydrogen-bond acceptors (Lipinski definition) is 6. The first-order valence-corrected chi connectivity index (χ1v) is 10.7. The van der Waals surface area contributed by atoms with Crippen LogP contribution in [0.15, 0.2) is 23.1 Å². The van der Waals surface area contributed by atoms with Crippen LogP contribution in [0.4, 0.5) is 0 Å². The fourth-order valence-electron chi connectivity index (χ4n) is 2.59. The van der Waals surface area contributed by atoms with Crippen LogP contribution in [0.25, 0.3) is 0 Å². The average Bonchev–Trinajstić information content (AvgIpc) is 2.84. The van der Waals surface area contributed by atoms with Gasteiger partial charge in [0.15, 0.2) is 9.84 Å². The van der Waals surface area contributed by atoms with Gasteiger partial charge >= 0.3 is 5.97 Å². The molecule has 1 heterocycles. The van der Waals surface area contributed by atoms with Crippen molar-refractivity contribution in [2.75, 3.05) is 24.6 Å². The van der Waals surface area contributed by atoms with Gasteiger partial charge in [-0.25, -0.2) is 21.6 Å². The quantitative estimate of drug-likeness (QED) is 0.699. The van der Waals surface area contributed by atoms with Crippen molar-refractivity contribution >= 4 is 37.4 Å². The van der Waals surface area contributed by atoms with Crippen LogP contribution in [0, 0.1) is 0 Å². The van der Waals surface area contributed by atoms with Gasteiger partial charge in [0.05, 0.1) is 22.1 Å². The van der Waals surface area contributed by atoms with Crippen molar-refractivity contribution in [3.63, 3.8) is 0 Å². The molecule has 1 aromatic rings. The first-order chi connectivity index (χ1) is 11.1. The van der Waals surface area contributed by atoms with E-state index in [9.17, 15) is 21.6 Å². The number of benzene rings is 1. The fourth-order valence-corrected chi connectivity index (χ4v) is 6.59. The Morgan fingerprint density at radius 1 is 1.42 bits per heavy atom. The van der Waals surface area contributed by atoms with Gasteiger partial charge in [0.2, 0.25) is 10.0 Å². The Morgan fingerprint density at radius 3 is 2.58 bits per heavy atom. The number of aromatic carboxylic acids is 1. The minimum absolute atomic E-state index is 0.00792. The zero-order chi connectivity index (χ0) is 18.1. The van der Waals surface area contributed by atoms with Crippen molar-refractivity contribution < 1.29 is 26.7 Å². The molecule has 0 amide bonds. The molecule has 1 fully saturated rings. The summed E-state index contributed by atoms with van der Waals surface area (Å²) in [5.41, 5.74) is 5.24. The second kappa shape index (κ2) is 6.96. The van der Waals surface area contributed by atoms with Gasteiger partial charge in [0, 0.05) is 19.1 Å². The summed E-state index contributed by atoms with van der Waals surface area (Å²) in [4.78, 5) is 10.7. The zero-order valence-corrected chi connectivity index (χ0v) is 14.9. The molecule has 24 heavy (non-hydrogen) atoms. The molecule has 11 heteroatoms. The van der Waals surface area contributed by atoms with Crippen LogP contribution < -0.4 is 5.73 Å². The predicted octanol–water partition coefficient (Wildman–Crippen LogP) is 0.175. The van der Waals surface area contributed by atoms with Crippen LogP contribution in [-0.4, -0.2) is 62.9 Å². The van der Waals surface area contributed by atoms with Crippen LogP contribution >= 0.6 is 11.6 Å². The first kappa shape index (κ1) is 19.1. The second-order valence-electron chi connectivity index (χ2n) is 5.41. The number of halogens is 1. The number of sulfone groups is 1. The van der Waals surface area contributed by atoms with Gasteiger partial charge in [-0.15, -0.1) is 0 Å². The molecular formula is C13H17ClN2O6S2. The molecule has 1 aliphatic rings. The lowest BCUT2D eigenvalue weighted by Crippen LogP contribution is -2.43. The lowest BCUT2D eigenvalue weighted by Gasteiger charge is -2.27. The minimum atomic E-state index is -4.19. The summed E-state index contributed by atoms with van der Waals surface area (Å²) in [6.07, 6.45) is 0.164. The van der Waals surface area contributed by atoms with Crippen molar-refractivity contribution in [3.8, 4) is 0 Å². The topological polar surface area (TPSA) is 135 Å². The number of nitrogens with zero attached hydrogens (tertiary/aromatic N) is 1. The Hall–Kier alpha value is -1.20. The predicted molar refractivity (Wildman–Crippen MR) is 88.4 cm³/mol. The maximum Gasteiger partial charge on any atom is 0.335 e. The maximum absolute atomic E-state index is 12.9. The number of sulfonamides is 1. The van der Waals surface area contributed by atoms with Crippen molar-refractivity contribution in [1.29, 1.82) is 0 Å². The Balaban J connectivity index is 2.49. The number of rotatable bonds is 6. The van der Waals surface area contributed by atoms with Gasteiger partial charge in [-0.1, -0.05) is 11.6 Å². The highest BCUT2D eigenvalue weighted by atomic mass is 35.5. The van der Waals surface area contributed by atoms with Crippen LogP contribution in [0.3, 0.4) is 0 Å². The van der Waals surface area contributed by atoms with Crippen LogP contribution in [0.1, 0.15) is 16.8 Å². The highest BCUT2D eigenvalue weighted by molar-refractivity contribution is 7.92. The molecule has 1 aromatic carbocycles. The summed E-state index contributed by atoms with van der Waals surface area (Å²) in [6, 6.07) is 2.60. The molecule has 1 saturated heterocycles. The molecule has 2 rings (SSSR count). The smallest absolute Gasteiger partial charge is 0.335 e. The monoisotopic (exact) mass is 396 g/mol. The Kier molecular flexibility index (Phi) is 5.55. The molecule has 3 N–H and O–H groups in total. The van der Waals surface area contributed by atoms with Gasteiger partial charge in [-0.05, 0) is 24.6 Å². The second-order valence-corrected chi connectivity index (χ2v) is 9.91. The van der Waals surface area contributed by atoms with Crippen molar-refractivity contribution in [3.05, 3.63) is 28.8 Å². The summed E-state index contributed by atoms with van der Waals surface area (Å²) in [6.45, 7) is -0.0951. The Bertz CT molecular complexity index is 853. The molecule has 0 aromatic heterocycles. The molecular weight excluding hydrogens is 380 g/mol. The molecule has 0 radical (unpaired) electrons. The standard InChI is InChI=1S/C13H17ClN2O6S2/c14-11-2-1-9(13(17)18)7-12(11)24(21,22)16(5-4-15)10-3-6-23(19,20)8-10/h1-2,7,10H,3-6,8,15H2,(H,17,18)/t10-/m0/s1. The van der Waals surface area contributed by atoms with Gasteiger partial charge in [-0.3, -0.25) is 0 Å². The third kappa shape index (κ3) is 3.89. The number of nitrogens with two attached hydrogens (primary N) is 1. The SMILES string of the molecule is NCCN([C@H]1CCS(=O)(=O)C1)S(=O)(=O)c1cc(C(=O)O)ccc1Cl. The minimum Gasteiger partial charge on any atom is -0.478 e. The molecule has 134 valence electrons. The van der Waals surface area contributed by atoms with Crippen LogP contribution in [0.5, 0.6) is 0 Å². The summed E-state index contributed by atoms with van der Waals surface area (Å²) < 4.78 is 50.2. The van der Waals surface area contributed by atoms with Gasteiger partial charge in [-0.2, -0.15) is 4.31 Å². The normalized spacial score (nSPS) is 20.4. The fraction of sp³-hybridized carbons (Fsp3) is 0.462. The van der Waals surface area contributed by atoms with Crippen LogP contribution in [0.2, 0.25) is 5.02 Å². The van der Waals surface area contributed by atoms with E-state index in [1.165, 1.54) is 12.1 Å². The van der Waals surface area contributed by atoms with Gasteiger partial charge < -0.3 is 10.8 Å². The van der Waals surface area contributed by atoms with E-state index in [4.69, 9.17) is 22.4 Å². The zero-order valence-electron chi connectivity index (χ0n) is 12.6. The highest BCUT2D eigenvalue weighted by Crippen LogP contribution is 2.29. The molecule has 1 aliphatic heterocycles. The molecule has 0 saturated carbocycles. The summed E-state index contributed by atoms with van der Waals surface area (Å²) in [5.74, 6) is -1.68. The first-order valence-electron chi connectivity index (χ1n) is 7.03. The molecule has 0 unspecified atom stereocenters. The molecule has 8 nitrogen and oxygen atoms in total. The van der Waals surface area contributed by atoms with Crippen molar-refractivity contribution in [1.82, 2.24) is 4.31 Å². The van der Waals surface area contributed by atoms with E-state index in [0.29, 0.717) is 0 Å². The van der Waals surface area contributed by atoms with E-state index in [2.05, 4.69) is 0 Å². The van der Waals surface area contributed by atoms with E-state index < -0.39 is 31.9 Å². The Morgan fingerprint density at radius 2 is 2.08 bits per heavy atom. The number of carboxylic acids is 1. The van der Waals surface area contributed by atoms with Crippen LogP contribution in [-0.2, 0) is 19.9 Å². The van der Waals surface area contributed by atoms with Crippen molar-refractivity contribution in [2.45, 2.75) is 17.4 Å². The van der Waals surface area contributed by atoms with E-state index in [1.807, 2.05) is 0 Å².